The number of hydrogen-bond acceptors (Lipinski definition) is 5. The van der Waals surface area contributed by atoms with Gasteiger partial charge in [0.15, 0.2) is 0 Å². The molecule has 0 amide bonds. The maximum atomic E-state index is 11.9. The van der Waals surface area contributed by atoms with Crippen LogP contribution in [0.15, 0.2) is 34.8 Å². The molecule has 2 heterocycles. The average Bonchev–Trinajstić information content (AvgIpc) is 2.83. The summed E-state index contributed by atoms with van der Waals surface area (Å²) in [5, 5.41) is 0.804. The van der Waals surface area contributed by atoms with Crippen LogP contribution in [0.3, 0.4) is 0 Å². The maximum absolute atomic E-state index is 11.9. The number of benzene rings is 1. The van der Waals surface area contributed by atoms with Crippen LogP contribution in [0.4, 0.5) is 5.69 Å². The first kappa shape index (κ1) is 15.0. The van der Waals surface area contributed by atoms with Crippen LogP contribution in [0.2, 0.25) is 0 Å². The molecule has 0 aliphatic heterocycles. The molecule has 2 aromatic heterocycles. The number of nitrogen functional groups attached to an aromatic ring is 1. The topological polar surface area (TPSA) is 65.2 Å². The minimum absolute atomic E-state index is 0.397. The molecular weight excluding hydrogens is 364 g/mol. The van der Waals surface area contributed by atoms with Crippen molar-refractivity contribution in [1.82, 2.24) is 4.98 Å². The van der Waals surface area contributed by atoms with Crippen molar-refractivity contribution in [2.75, 3.05) is 12.8 Å². The number of methoxy groups -OCH3 is 1. The fourth-order valence-electron chi connectivity index (χ4n) is 2.35. The Balaban J connectivity index is 2.32. The first-order valence-corrected chi connectivity index (χ1v) is 8.16. The van der Waals surface area contributed by atoms with Crippen LogP contribution in [0.1, 0.15) is 15.4 Å². The highest BCUT2D eigenvalue weighted by Crippen LogP contribution is 2.40. The zero-order valence-corrected chi connectivity index (χ0v) is 14.4. The van der Waals surface area contributed by atoms with Gasteiger partial charge < -0.3 is 10.5 Å². The quantitative estimate of drug-likeness (QED) is 0.673. The molecule has 0 unspecified atom stereocenters. The van der Waals surface area contributed by atoms with Gasteiger partial charge in [0.25, 0.3) is 0 Å². The Bertz CT molecular complexity index is 872. The first-order chi connectivity index (χ1) is 10.5. The number of esters is 1. The molecule has 0 aliphatic rings. The number of aromatic nitrogens is 1. The van der Waals surface area contributed by atoms with Gasteiger partial charge in [-0.1, -0.05) is 28.1 Å². The summed E-state index contributed by atoms with van der Waals surface area (Å²) < 4.78 is 5.80. The fraction of sp³-hybridized carbons (Fsp3) is 0.125. The number of aryl methyl sites for hydroxylation is 1. The number of thiophene rings is 1. The molecule has 112 valence electrons. The van der Waals surface area contributed by atoms with Gasteiger partial charge in [0.1, 0.15) is 9.71 Å². The molecular formula is C16H13BrN2O2S. The van der Waals surface area contributed by atoms with Crippen LogP contribution < -0.4 is 5.73 Å². The van der Waals surface area contributed by atoms with Gasteiger partial charge in [0.05, 0.1) is 12.8 Å². The minimum atomic E-state index is -0.431. The number of carbonyl (C=O) groups is 1. The molecule has 0 spiro atoms. The van der Waals surface area contributed by atoms with Crippen molar-refractivity contribution in [2.24, 2.45) is 0 Å². The van der Waals surface area contributed by atoms with Crippen molar-refractivity contribution < 1.29 is 9.53 Å². The van der Waals surface area contributed by atoms with E-state index in [1.165, 1.54) is 18.4 Å². The van der Waals surface area contributed by atoms with Gasteiger partial charge in [0, 0.05) is 15.6 Å². The molecule has 0 bridgehead atoms. The molecule has 1 aromatic carbocycles. The molecule has 0 fully saturated rings. The smallest absolute Gasteiger partial charge is 0.350 e. The van der Waals surface area contributed by atoms with Crippen LogP contribution in [-0.4, -0.2) is 18.1 Å². The van der Waals surface area contributed by atoms with E-state index in [1.807, 2.05) is 37.3 Å². The molecule has 0 radical (unpaired) electrons. The number of rotatable bonds is 2. The molecule has 0 saturated heterocycles. The first-order valence-electron chi connectivity index (χ1n) is 6.55. The molecule has 6 heteroatoms. The number of anilines is 1. The zero-order chi connectivity index (χ0) is 15.9. The number of nitrogens with two attached hydrogens (primary N) is 1. The third kappa shape index (κ3) is 2.48. The van der Waals surface area contributed by atoms with Crippen LogP contribution in [-0.2, 0) is 4.74 Å². The fourth-order valence-corrected chi connectivity index (χ4v) is 3.69. The molecule has 0 aliphatic carbocycles. The van der Waals surface area contributed by atoms with Crippen LogP contribution in [0.5, 0.6) is 0 Å². The van der Waals surface area contributed by atoms with E-state index < -0.39 is 5.97 Å². The molecule has 22 heavy (non-hydrogen) atoms. The number of pyridine rings is 1. The van der Waals surface area contributed by atoms with E-state index >= 15 is 0 Å². The third-order valence-corrected chi connectivity index (χ3v) is 4.96. The number of nitrogens with zero attached hydrogens (tertiary/aromatic N) is 1. The standard InChI is InChI=1S/C16H13BrN2O2S/c1-8-7-11(9-3-5-10(17)6-4-9)12-13(18)14(16(20)21-2)22-15(12)19-8/h3-7H,18H2,1-2H3. The van der Waals surface area contributed by atoms with E-state index in [2.05, 4.69) is 20.9 Å². The highest BCUT2D eigenvalue weighted by molar-refractivity contribution is 9.10. The van der Waals surface area contributed by atoms with E-state index in [9.17, 15) is 4.79 Å². The number of ether oxygens (including phenoxy) is 1. The van der Waals surface area contributed by atoms with Gasteiger partial charge in [0.2, 0.25) is 0 Å². The molecule has 0 saturated carbocycles. The second kappa shape index (κ2) is 5.70. The summed E-state index contributed by atoms with van der Waals surface area (Å²) >= 11 is 4.70. The summed E-state index contributed by atoms with van der Waals surface area (Å²) in [4.78, 5) is 17.5. The lowest BCUT2D eigenvalue weighted by molar-refractivity contribution is 0.0607. The summed E-state index contributed by atoms with van der Waals surface area (Å²) in [6.07, 6.45) is 0. The largest absolute Gasteiger partial charge is 0.465 e. The lowest BCUT2D eigenvalue weighted by atomic mass is 10.0. The van der Waals surface area contributed by atoms with Gasteiger partial charge in [-0.15, -0.1) is 11.3 Å². The van der Waals surface area contributed by atoms with Crippen LogP contribution >= 0.6 is 27.3 Å². The number of fused-ring (bicyclic) bond motifs is 1. The van der Waals surface area contributed by atoms with Gasteiger partial charge >= 0.3 is 5.97 Å². The molecule has 4 nitrogen and oxygen atoms in total. The third-order valence-electron chi connectivity index (χ3n) is 3.35. The maximum Gasteiger partial charge on any atom is 0.350 e. The minimum Gasteiger partial charge on any atom is -0.465 e. The van der Waals surface area contributed by atoms with E-state index in [0.717, 1.165) is 31.5 Å². The van der Waals surface area contributed by atoms with E-state index in [-0.39, 0.29) is 0 Å². The predicted octanol–water partition coefficient (Wildman–Crippen LogP) is 4.40. The van der Waals surface area contributed by atoms with Crippen molar-refractivity contribution >= 4 is 49.1 Å². The Labute approximate surface area is 140 Å². The van der Waals surface area contributed by atoms with Crippen molar-refractivity contribution in [3.05, 3.63) is 45.4 Å². The van der Waals surface area contributed by atoms with Gasteiger partial charge in [-0.05, 0) is 36.2 Å². The van der Waals surface area contributed by atoms with Crippen molar-refractivity contribution in [3.63, 3.8) is 0 Å². The second-order valence-electron chi connectivity index (χ2n) is 4.83. The monoisotopic (exact) mass is 376 g/mol. The SMILES string of the molecule is COC(=O)c1sc2nc(C)cc(-c3ccc(Br)cc3)c2c1N. The van der Waals surface area contributed by atoms with E-state index in [0.29, 0.717) is 10.6 Å². The van der Waals surface area contributed by atoms with Crippen LogP contribution in [0, 0.1) is 6.92 Å². The summed E-state index contributed by atoms with van der Waals surface area (Å²) in [6, 6.07) is 9.94. The Kier molecular flexibility index (Phi) is 3.88. The molecule has 0 atom stereocenters. The summed E-state index contributed by atoms with van der Waals surface area (Å²) in [6.45, 7) is 1.93. The number of halogens is 1. The lowest BCUT2D eigenvalue weighted by Crippen LogP contribution is -2.01. The van der Waals surface area contributed by atoms with Crippen molar-refractivity contribution in [2.45, 2.75) is 6.92 Å². The highest BCUT2D eigenvalue weighted by Gasteiger charge is 2.21. The molecule has 3 rings (SSSR count). The van der Waals surface area contributed by atoms with Crippen molar-refractivity contribution in [3.8, 4) is 11.1 Å². The summed E-state index contributed by atoms with van der Waals surface area (Å²) in [7, 11) is 1.35. The Hall–Kier alpha value is -1.92. The summed E-state index contributed by atoms with van der Waals surface area (Å²) in [5.74, 6) is -0.431. The predicted molar refractivity (Wildman–Crippen MR) is 93.2 cm³/mol. The van der Waals surface area contributed by atoms with Gasteiger partial charge in [-0.2, -0.15) is 0 Å². The number of hydrogen-bond donors (Lipinski definition) is 1. The van der Waals surface area contributed by atoms with Crippen molar-refractivity contribution in [1.29, 1.82) is 0 Å². The van der Waals surface area contributed by atoms with E-state index in [4.69, 9.17) is 10.5 Å². The second-order valence-corrected chi connectivity index (χ2v) is 6.75. The van der Waals surface area contributed by atoms with Gasteiger partial charge in [-0.3, -0.25) is 0 Å². The van der Waals surface area contributed by atoms with Gasteiger partial charge in [-0.25, -0.2) is 9.78 Å². The van der Waals surface area contributed by atoms with Crippen LogP contribution in [0.25, 0.3) is 21.3 Å². The Morgan fingerprint density at radius 3 is 2.64 bits per heavy atom. The van der Waals surface area contributed by atoms with E-state index in [1.54, 1.807) is 0 Å². The highest BCUT2D eigenvalue weighted by atomic mass is 79.9. The molecule has 3 aromatic rings. The normalized spacial score (nSPS) is 10.9. The number of carbonyl (C=O) groups excluding carboxylic acids is 1. The lowest BCUT2D eigenvalue weighted by Gasteiger charge is -2.06. The summed E-state index contributed by atoms with van der Waals surface area (Å²) in [5.41, 5.74) is 9.50. The average molecular weight is 377 g/mol. The Morgan fingerprint density at radius 1 is 1.32 bits per heavy atom. The zero-order valence-electron chi connectivity index (χ0n) is 12.0. The molecule has 2 N–H and O–H groups in total. The Morgan fingerprint density at radius 2 is 2.00 bits per heavy atom.